The van der Waals surface area contributed by atoms with Crippen LogP contribution in [0.15, 0.2) is 24.3 Å². The van der Waals surface area contributed by atoms with E-state index in [9.17, 15) is 23.5 Å². The summed E-state index contributed by atoms with van der Waals surface area (Å²) in [4.78, 5) is 20.0. The molecule has 0 aromatic heterocycles. The summed E-state index contributed by atoms with van der Waals surface area (Å²) < 4.78 is 46.1. The topological polar surface area (TPSA) is 110 Å². The lowest BCUT2D eigenvalue weighted by atomic mass is 10.1. The van der Waals surface area contributed by atoms with Crippen LogP contribution in [0.25, 0.3) is 0 Å². The van der Waals surface area contributed by atoms with Crippen molar-refractivity contribution in [2.24, 2.45) is 0 Å². The Balaban J connectivity index is 3.71. The highest BCUT2D eigenvalue weighted by Gasteiger charge is 2.28. The highest BCUT2D eigenvalue weighted by Crippen LogP contribution is 2.59. The van der Waals surface area contributed by atoms with Crippen molar-refractivity contribution in [2.75, 3.05) is 12.3 Å². The first-order chi connectivity index (χ1) is 22.2. The summed E-state index contributed by atoms with van der Waals surface area (Å²) in [6, 6.07) is 0. The zero-order valence-electron chi connectivity index (χ0n) is 29.9. The molecule has 7 nitrogen and oxygen atoms in total. The monoisotopic (exact) mass is 710 g/mol. The van der Waals surface area contributed by atoms with Gasteiger partial charge in [-0.2, -0.15) is 0 Å². The molecule has 0 aliphatic rings. The van der Waals surface area contributed by atoms with Crippen molar-refractivity contribution < 1.29 is 32.1 Å². The van der Waals surface area contributed by atoms with E-state index in [1.807, 2.05) is 0 Å². The lowest BCUT2D eigenvalue weighted by molar-refractivity contribution is 0.329. The van der Waals surface area contributed by atoms with Crippen LogP contribution in [0.4, 0.5) is 0 Å². The van der Waals surface area contributed by atoms with Crippen molar-refractivity contribution in [3.63, 3.8) is 0 Å². The van der Waals surface area contributed by atoms with E-state index in [1.165, 1.54) is 89.9 Å². The standard InChI is InChI=1S/C36H73O7P3/c1-3-5-7-9-11-13-15-17-19-21-23-25-27-29-31-33-35-45(38,39)42-44(37)43-46(40,41)36-34-32-30-28-26-24-22-20-18-16-14-12-10-8-6-4-2/h17-20,44H,3-16,21-36H2,1-2H3,(H,38,39)(H,40,41)/b19-17-,20-18-. The molecule has 0 saturated heterocycles. The predicted octanol–water partition coefficient (Wildman–Crippen LogP) is 13.9. The Morgan fingerprint density at radius 2 is 0.674 bits per heavy atom. The van der Waals surface area contributed by atoms with Gasteiger partial charge in [0.15, 0.2) is 0 Å². The van der Waals surface area contributed by atoms with Crippen LogP contribution in [-0.4, -0.2) is 22.1 Å². The lowest BCUT2D eigenvalue weighted by Crippen LogP contribution is -1.94. The van der Waals surface area contributed by atoms with E-state index in [0.717, 1.165) is 77.0 Å². The number of hydrogen-bond donors (Lipinski definition) is 2. The quantitative estimate of drug-likeness (QED) is 0.0378. The fourth-order valence-corrected chi connectivity index (χ4v) is 9.73. The second-order valence-corrected chi connectivity index (χ2v) is 18.4. The zero-order valence-corrected chi connectivity index (χ0v) is 32.6. The second kappa shape index (κ2) is 33.5. The number of hydrogen-bond acceptors (Lipinski definition) is 5. The zero-order chi connectivity index (χ0) is 34.0. The normalized spacial score (nSPS) is 15.5. The van der Waals surface area contributed by atoms with Gasteiger partial charge in [-0.1, -0.05) is 154 Å². The van der Waals surface area contributed by atoms with Crippen LogP contribution in [0.5, 0.6) is 0 Å². The first-order valence-electron chi connectivity index (χ1n) is 19.1. The molecule has 0 fully saturated rings. The Morgan fingerprint density at radius 1 is 0.435 bits per heavy atom. The summed E-state index contributed by atoms with van der Waals surface area (Å²) in [6.07, 6.45) is 40.7. The van der Waals surface area contributed by atoms with E-state index in [0.29, 0.717) is 12.8 Å². The average molecular weight is 711 g/mol. The molecule has 0 saturated carbocycles. The second-order valence-electron chi connectivity index (χ2n) is 13.0. The van der Waals surface area contributed by atoms with E-state index >= 15 is 0 Å². The van der Waals surface area contributed by atoms with E-state index in [1.54, 1.807) is 0 Å². The van der Waals surface area contributed by atoms with Gasteiger partial charge in [-0.25, -0.2) is 8.62 Å². The molecule has 0 heterocycles. The maximum Gasteiger partial charge on any atom is 0.335 e. The molecule has 0 rings (SSSR count). The molecular weight excluding hydrogens is 637 g/mol. The molecule has 0 aliphatic heterocycles. The molecule has 10 heteroatoms. The molecule has 2 N–H and O–H groups in total. The number of unbranched alkanes of at least 4 members (excludes halogenated alkanes) is 24. The van der Waals surface area contributed by atoms with Gasteiger partial charge in [0.05, 0.1) is 12.3 Å². The number of rotatable bonds is 36. The van der Waals surface area contributed by atoms with E-state index in [4.69, 9.17) is 8.62 Å². The Hall–Kier alpha value is 0.01000. The summed E-state index contributed by atoms with van der Waals surface area (Å²) in [5.41, 5.74) is 0. The van der Waals surface area contributed by atoms with Crippen LogP contribution in [-0.2, 0) is 22.3 Å². The molecule has 2 unspecified atom stereocenters. The SMILES string of the molecule is CCCCCCCC/C=C\CCCCCCCCP(=O)(O)O[PH](=O)OP(=O)(O)CCCCCCCC/C=C\CCCCCCCC. The van der Waals surface area contributed by atoms with Gasteiger partial charge in [0.1, 0.15) is 0 Å². The van der Waals surface area contributed by atoms with Crippen LogP contribution in [0.2, 0.25) is 0 Å². The maximum atomic E-state index is 12.3. The van der Waals surface area contributed by atoms with Crippen molar-refractivity contribution in [3.05, 3.63) is 24.3 Å². The molecule has 0 aliphatic carbocycles. The molecule has 0 amide bonds. The van der Waals surface area contributed by atoms with Crippen LogP contribution in [0, 0.1) is 0 Å². The van der Waals surface area contributed by atoms with Gasteiger partial charge < -0.3 is 9.79 Å². The highest BCUT2D eigenvalue weighted by molar-refractivity contribution is 7.64. The van der Waals surface area contributed by atoms with Crippen LogP contribution < -0.4 is 0 Å². The van der Waals surface area contributed by atoms with Crippen LogP contribution >= 0.6 is 23.4 Å². The molecule has 46 heavy (non-hydrogen) atoms. The smallest absolute Gasteiger partial charge is 0.324 e. The molecule has 274 valence electrons. The van der Waals surface area contributed by atoms with Gasteiger partial charge in [0.2, 0.25) is 0 Å². The Morgan fingerprint density at radius 3 is 0.957 bits per heavy atom. The third kappa shape index (κ3) is 35.3. The minimum Gasteiger partial charge on any atom is -0.324 e. The summed E-state index contributed by atoms with van der Waals surface area (Å²) in [6.45, 7) is 4.49. The highest BCUT2D eigenvalue weighted by atomic mass is 31.3. The predicted molar refractivity (Wildman–Crippen MR) is 199 cm³/mol. The van der Waals surface area contributed by atoms with Gasteiger partial charge in [-0.15, -0.1) is 0 Å². The molecule has 0 aromatic carbocycles. The van der Waals surface area contributed by atoms with Crippen molar-refractivity contribution in [1.82, 2.24) is 0 Å². The molecular formula is C36H73O7P3. The first kappa shape index (κ1) is 46.0. The minimum atomic E-state index is -4.13. The molecule has 0 aromatic rings. The number of allylic oxidation sites excluding steroid dienone is 4. The van der Waals surface area contributed by atoms with Gasteiger partial charge >= 0.3 is 23.4 Å². The van der Waals surface area contributed by atoms with Gasteiger partial charge in [0, 0.05) is 0 Å². The van der Waals surface area contributed by atoms with E-state index in [2.05, 4.69) is 38.2 Å². The largest absolute Gasteiger partial charge is 0.335 e. The third-order valence-corrected chi connectivity index (χ3v) is 13.6. The van der Waals surface area contributed by atoms with Crippen LogP contribution in [0.1, 0.15) is 194 Å². The lowest BCUT2D eigenvalue weighted by Gasteiger charge is -2.15. The van der Waals surface area contributed by atoms with Gasteiger partial charge in [0.25, 0.3) is 0 Å². The molecule has 0 radical (unpaired) electrons. The van der Waals surface area contributed by atoms with Crippen molar-refractivity contribution >= 4 is 23.4 Å². The first-order valence-corrected chi connectivity index (χ1v) is 23.8. The van der Waals surface area contributed by atoms with E-state index < -0.39 is 23.4 Å². The Kier molecular flexibility index (Phi) is 33.5. The summed E-state index contributed by atoms with van der Waals surface area (Å²) in [5, 5.41) is 0. The van der Waals surface area contributed by atoms with Crippen molar-refractivity contribution in [3.8, 4) is 0 Å². The average Bonchev–Trinajstić information content (AvgIpc) is 3.00. The molecule has 0 bridgehead atoms. The fraction of sp³-hybridized carbons (Fsp3) is 0.889. The van der Waals surface area contributed by atoms with Gasteiger partial charge in [-0.05, 0) is 64.2 Å². The molecule has 0 spiro atoms. The maximum absolute atomic E-state index is 12.3. The van der Waals surface area contributed by atoms with Gasteiger partial charge in [-0.3, -0.25) is 13.7 Å². The summed E-state index contributed by atoms with van der Waals surface area (Å²) in [5.74, 6) is 0. The minimum absolute atomic E-state index is 0.126. The Bertz CT molecular complexity index is 781. The van der Waals surface area contributed by atoms with Crippen molar-refractivity contribution in [2.45, 2.75) is 194 Å². The Labute approximate surface area is 285 Å². The fourth-order valence-electron chi connectivity index (χ4n) is 5.46. The van der Waals surface area contributed by atoms with Crippen molar-refractivity contribution in [1.29, 1.82) is 0 Å². The van der Waals surface area contributed by atoms with E-state index in [-0.39, 0.29) is 12.3 Å². The summed E-state index contributed by atoms with van der Waals surface area (Å²) >= 11 is 0. The third-order valence-electron chi connectivity index (χ3n) is 8.34. The molecule has 2 atom stereocenters. The van der Waals surface area contributed by atoms with Crippen LogP contribution in [0.3, 0.4) is 0 Å². The summed E-state index contributed by atoms with van der Waals surface area (Å²) in [7, 11) is -11.8.